The van der Waals surface area contributed by atoms with Crippen LogP contribution < -0.4 is 5.32 Å². The van der Waals surface area contributed by atoms with Gasteiger partial charge in [0.25, 0.3) is 5.91 Å². The summed E-state index contributed by atoms with van der Waals surface area (Å²) in [5.74, 6) is -0.0474. The summed E-state index contributed by atoms with van der Waals surface area (Å²) in [7, 11) is 0. The van der Waals surface area contributed by atoms with Crippen LogP contribution in [-0.2, 0) is 4.74 Å². The van der Waals surface area contributed by atoms with Crippen LogP contribution in [0.4, 0.5) is 0 Å². The highest BCUT2D eigenvalue weighted by Crippen LogP contribution is 2.11. The summed E-state index contributed by atoms with van der Waals surface area (Å²) in [6.07, 6.45) is 4.60. The third kappa shape index (κ3) is 4.87. The van der Waals surface area contributed by atoms with Gasteiger partial charge >= 0.3 is 0 Å². The summed E-state index contributed by atoms with van der Waals surface area (Å²) in [5.41, 5.74) is 1.53. The van der Waals surface area contributed by atoms with Crippen LogP contribution in [0, 0.1) is 0 Å². The number of morpholine rings is 1. The van der Waals surface area contributed by atoms with Crippen molar-refractivity contribution in [2.45, 2.75) is 32.5 Å². The van der Waals surface area contributed by atoms with E-state index in [0.717, 1.165) is 31.7 Å². The van der Waals surface area contributed by atoms with Gasteiger partial charge in [-0.2, -0.15) is 5.10 Å². The molecular weight excluding hydrogens is 318 g/mol. The van der Waals surface area contributed by atoms with E-state index in [2.05, 4.69) is 34.1 Å². The smallest absolute Gasteiger partial charge is 0.251 e. The Hall–Kier alpha value is -2.25. The Morgan fingerprint density at radius 2 is 1.96 bits per heavy atom. The van der Waals surface area contributed by atoms with E-state index in [1.807, 2.05) is 12.1 Å². The van der Waals surface area contributed by atoms with Gasteiger partial charge in [-0.25, -0.2) is 9.67 Å². The van der Waals surface area contributed by atoms with Crippen molar-refractivity contribution >= 4 is 5.91 Å². The number of nitrogens with zero attached hydrogens (tertiary/aromatic N) is 4. The predicted octanol–water partition coefficient (Wildman–Crippen LogP) is 1.50. The molecule has 134 valence electrons. The molecule has 0 bridgehead atoms. The van der Waals surface area contributed by atoms with Crippen molar-refractivity contribution in [3.63, 3.8) is 0 Å². The average molecular weight is 343 g/mol. The van der Waals surface area contributed by atoms with Crippen molar-refractivity contribution in [3.05, 3.63) is 42.5 Å². The van der Waals surface area contributed by atoms with Gasteiger partial charge in [0.05, 0.1) is 17.9 Å². The first-order valence-corrected chi connectivity index (χ1v) is 8.73. The standard InChI is InChI=1S/C18H25N5O2/c1-14-10-22(11-15(2)25-14)9-3-8-20-18(24)16-4-6-17(7-5-16)23-13-19-12-21-23/h4-7,12-15H,3,8-11H2,1-2H3,(H,20,24). The predicted molar refractivity (Wildman–Crippen MR) is 94.8 cm³/mol. The zero-order valence-corrected chi connectivity index (χ0v) is 14.8. The number of benzene rings is 1. The molecule has 2 heterocycles. The van der Waals surface area contributed by atoms with Gasteiger partial charge in [-0.1, -0.05) is 0 Å². The van der Waals surface area contributed by atoms with Crippen molar-refractivity contribution in [2.75, 3.05) is 26.2 Å². The Bertz CT molecular complexity index is 661. The summed E-state index contributed by atoms with van der Waals surface area (Å²) >= 11 is 0. The molecule has 1 aromatic heterocycles. The summed E-state index contributed by atoms with van der Waals surface area (Å²) < 4.78 is 7.39. The second-order valence-electron chi connectivity index (χ2n) is 6.51. The highest BCUT2D eigenvalue weighted by atomic mass is 16.5. The quantitative estimate of drug-likeness (QED) is 0.805. The molecule has 0 spiro atoms. The van der Waals surface area contributed by atoms with Crippen molar-refractivity contribution < 1.29 is 9.53 Å². The Labute approximate surface area is 148 Å². The van der Waals surface area contributed by atoms with E-state index in [0.29, 0.717) is 12.1 Å². The molecule has 1 aliphatic rings. The third-order valence-electron chi connectivity index (χ3n) is 4.24. The maximum Gasteiger partial charge on any atom is 0.251 e. The van der Waals surface area contributed by atoms with Gasteiger partial charge in [0.1, 0.15) is 12.7 Å². The Morgan fingerprint density at radius 3 is 2.60 bits per heavy atom. The Kier molecular flexibility index (Phi) is 5.78. The van der Waals surface area contributed by atoms with E-state index in [1.165, 1.54) is 6.33 Å². The number of ether oxygens (including phenoxy) is 1. The molecule has 1 saturated heterocycles. The van der Waals surface area contributed by atoms with E-state index >= 15 is 0 Å². The highest BCUT2D eigenvalue weighted by Gasteiger charge is 2.21. The molecule has 1 fully saturated rings. The van der Waals surface area contributed by atoms with E-state index in [4.69, 9.17) is 4.74 Å². The zero-order chi connectivity index (χ0) is 17.6. The molecule has 7 nitrogen and oxygen atoms in total. The summed E-state index contributed by atoms with van der Waals surface area (Å²) in [5, 5.41) is 7.05. The van der Waals surface area contributed by atoms with Gasteiger partial charge in [0.2, 0.25) is 0 Å². The van der Waals surface area contributed by atoms with Crippen LogP contribution in [0.1, 0.15) is 30.6 Å². The summed E-state index contributed by atoms with van der Waals surface area (Å²) in [6, 6.07) is 7.33. The molecule has 2 aromatic rings. The highest BCUT2D eigenvalue weighted by molar-refractivity contribution is 5.94. The van der Waals surface area contributed by atoms with Gasteiger partial charge in [-0.05, 0) is 44.5 Å². The first-order valence-electron chi connectivity index (χ1n) is 8.73. The molecule has 1 amide bonds. The lowest BCUT2D eigenvalue weighted by Gasteiger charge is -2.35. The van der Waals surface area contributed by atoms with E-state index < -0.39 is 0 Å². The minimum atomic E-state index is -0.0474. The van der Waals surface area contributed by atoms with Crippen LogP contribution in [0.15, 0.2) is 36.9 Å². The first kappa shape index (κ1) is 17.6. The SMILES string of the molecule is CC1CN(CCCNC(=O)c2ccc(-n3cncn3)cc2)CC(C)O1. The second kappa shape index (κ2) is 8.22. The normalized spacial score (nSPS) is 21.2. The second-order valence-corrected chi connectivity index (χ2v) is 6.51. The number of rotatable bonds is 6. The van der Waals surface area contributed by atoms with E-state index in [9.17, 15) is 4.79 Å². The molecule has 0 aliphatic carbocycles. The molecule has 3 rings (SSSR count). The molecule has 1 aliphatic heterocycles. The van der Waals surface area contributed by atoms with Gasteiger partial charge in [0.15, 0.2) is 0 Å². The molecule has 7 heteroatoms. The fourth-order valence-corrected chi connectivity index (χ4v) is 3.18. The van der Waals surface area contributed by atoms with Crippen molar-refractivity contribution in [3.8, 4) is 5.69 Å². The number of nitrogens with one attached hydrogen (secondary N) is 1. The molecule has 2 unspecified atom stereocenters. The molecule has 1 N–H and O–H groups in total. The largest absolute Gasteiger partial charge is 0.373 e. The van der Waals surface area contributed by atoms with Crippen molar-refractivity contribution in [1.29, 1.82) is 0 Å². The molecule has 0 saturated carbocycles. The van der Waals surface area contributed by atoms with Crippen LogP contribution in [0.5, 0.6) is 0 Å². The van der Waals surface area contributed by atoms with Crippen LogP contribution in [0.25, 0.3) is 5.69 Å². The average Bonchev–Trinajstić information content (AvgIpc) is 3.12. The minimum absolute atomic E-state index is 0.0474. The first-order chi connectivity index (χ1) is 12.1. The number of amides is 1. The Morgan fingerprint density at radius 1 is 1.24 bits per heavy atom. The number of carbonyl (C=O) groups is 1. The minimum Gasteiger partial charge on any atom is -0.373 e. The van der Waals surface area contributed by atoms with E-state index in [-0.39, 0.29) is 18.1 Å². The van der Waals surface area contributed by atoms with Crippen molar-refractivity contribution in [1.82, 2.24) is 25.0 Å². The summed E-state index contributed by atoms with van der Waals surface area (Å²) in [4.78, 5) is 18.5. The molecule has 2 atom stereocenters. The monoisotopic (exact) mass is 343 g/mol. The van der Waals surface area contributed by atoms with Gasteiger partial charge in [0, 0.05) is 31.7 Å². The van der Waals surface area contributed by atoms with Gasteiger partial charge in [-0.15, -0.1) is 0 Å². The maximum absolute atomic E-state index is 12.2. The fourth-order valence-electron chi connectivity index (χ4n) is 3.18. The molecule has 25 heavy (non-hydrogen) atoms. The lowest BCUT2D eigenvalue weighted by Crippen LogP contribution is -2.46. The van der Waals surface area contributed by atoms with E-state index in [1.54, 1.807) is 23.1 Å². The zero-order valence-electron chi connectivity index (χ0n) is 14.8. The molecule has 0 radical (unpaired) electrons. The van der Waals surface area contributed by atoms with Gasteiger partial charge in [-0.3, -0.25) is 9.69 Å². The topological polar surface area (TPSA) is 72.3 Å². The number of carbonyl (C=O) groups excluding carboxylic acids is 1. The number of hydrogen-bond donors (Lipinski definition) is 1. The van der Waals surface area contributed by atoms with Crippen LogP contribution in [0.2, 0.25) is 0 Å². The lowest BCUT2D eigenvalue weighted by atomic mass is 10.2. The maximum atomic E-state index is 12.2. The molecule has 1 aromatic carbocycles. The van der Waals surface area contributed by atoms with Crippen LogP contribution in [-0.4, -0.2) is 64.0 Å². The molecular formula is C18H25N5O2. The Balaban J connectivity index is 1.42. The fraction of sp³-hybridized carbons (Fsp3) is 0.500. The number of aromatic nitrogens is 3. The van der Waals surface area contributed by atoms with Crippen LogP contribution in [0.3, 0.4) is 0 Å². The van der Waals surface area contributed by atoms with Crippen molar-refractivity contribution in [2.24, 2.45) is 0 Å². The van der Waals surface area contributed by atoms with Crippen LogP contribution >= 0.6 is 0 Å². The third-order valence-corrected chi connectivity index (χ3v) is 4.24. The number of hydrogen-bond acceptors (Lipinski definition) is 5. The summed E-state index contributed by atoms with van der Waals surface area (Å²) in [6.45, 7) is 7.78. The lowest BCUT2D eigenvalue weighted by molar-refractivity contribution is -0.0679. The van der Waals surface area contributed by atoms with Gasteiger partial charge < -0.3 is 10.1 Å².